The first-order valence-corrected chi connectivity index (χ1v) is 4.97. The number of aliphatic imine (C=N–C) groups is 1. The van der Waals surface area contributed by atoms with Crippen molar-refractivity contribution in [2.45, 2.75) is 46.1 Å². The van der Waals surface area contributed by atoms with E-state index in [1.54, 1.807) is 0 Å². The summed E-state index contributed by atoms with van der Waals surface area (Å²) in [6, 6.07) is 0.138. The van der Waals surface area contributed by atoms with Gasteiger partial charge in [0.25, 0.3) is 0 Å². The maximum atomic E-state index is 11.4. The third kappa shape index (κ3) is 5.45. The maximum Gasteiger partial charge on any atom is 0.244 e. The van der Waals surface area contributed by atoms with Gasteiger partial charge in [0.05, 0.1) is 6.04 Å². The first kappa shape index (κ1) is 12.2. The first-order valence-electron chi connectivity index (χ1n) is 4.97. The molecule has 0 aromatic carbocycles. The Bertz CT molecular complexity index is 175. The van der Waals surface area contributed by atoms with Crippen LogP contribution in [0, 0.1) is 5.92 Å². The number of hydrogen-bond donors (Lipinski definition) is 0. The van der Waals surface area contributed by atoms with Gasteiger partial charge in [0.15, 0.2) is 0 Å². The fraction of sp³-hybridized carbons (Fsp3) is 0.727. The van der Waals surface area contributed by atoms with E-state index in [2.05, 4.69) is 11.6 Å². The van der Waals surface area contributed by atoms with E-state index in [1.165, 1.54) is 0 Å². The highest BCUT2D eigenvalue weighted by Crippen LogP contribution is 2.07. The molecule has 13 heavy (non-hydrogen) atoms. The molecule has 0 aromatic heterocycles. The predicted molar refractivity (Wildman–Crippen MR) is 56.5 cm³/mol. The van der Waals surface area contributed by atoms with Crippen LogP contribution in [0.25, 0.3) is 0 Å². The molecule has 0 N–H and O–H groups in total. The highest BCUT2D eigenvalue weighted by Gasteiger charge is 2.10. The normalized spacial score (nSPS) is 16.7. The lowest BCUT2D eigenvalue weighted by atomic mass is 10.1. The van der Waals surface area contributed by atoms with E-state index < -0.39 is 0 Å². The summed E-state index contributed by atoms with van der Waals surface area (Å²) in [4.78, 5) is 4.10. The van der Waals surface area contributed by atoms with Crippen LogP contribution in [0.1, 0.15) is 40.0 Å². The Labute approximate surface area is 81.4 Å². The number of allylic oxidation sites excluding steroid dienone is 1. The Balaban J connectivity index is 3.96. The van der Waals surface area contributed by atoms with Gasteiger partial charge in [-0.25, -0.2) is 4.99 Å². The van der Waals surface area contributed by atoms with Gasteiger partial charge >= 0.3 is 0 Å². The first-order chi connectivity index (χ1) is 6.11. The standard InChI is InChI=1S/C11H20NO/c1-5-7-8-10(4)12-11(13)9(3)6-2/h5,9-10H,1,6-8H2,2-4H3. The molecule has 0 heterocycles. The van der Waals surface area contributed by atoms with E-state index in [0.29, 0.717) is 0 Å². The van der Waals surface area contributed by atoms with Gasteiger partial charge in [-0.05, 0) is 26.2 Å². The lowest BCUT2D eigenvalue weighted by Crippen LogP contribution is -2.11. The zero-order valence-corrected chi connectivity index (χ0v) is 8.92. The second-order valence-electron chi connectivity index (χ2n) is 3.49. The SMILES string of the molecule is C=CCCC(C)N=C([O])C(C)CC. The molecule has 0 aliphatic rings. The molecule has 0 fully saturated rings. The third-order valence-corrected chi connectivity index (χ3v) is 2.17. The molecule has 0 rings (SSSR count). The number of rotatable bonds is 6. The van der Waals surface area contributed by atoms with E-state index in [9.17, 15) is 5.11 Å². The van der Waals surface area contributed by atoms with Gasteiger partial charge in [-0.2, -0.15) is 0 Å². The average Bonchev–Trinajstić information content (AvgIpc) is 2.13. The van der Waals surface area contributed by atoms with Crippen molar-refractivity contribution in [3.05, 3.63) is 12.7 Å². The minimum absolute atomic E-state index is 0.0408. The van der Waals surface area contributed by atoms with Crippen LogP contribution in [-0.4, -0.2) is 11.9 Å². The molecule has 2 unspecified atom stereocenters. The van der Waals surface area contributed by atoms with Gasteiger partial charge in [0.1, 0.15) is 0 Å². The fourth-order valence-electron chi connectivity index (χ4n) is 0.943. The Morgan fingerprint density at radius 3 is 2.62 bits per heavy atom. The lowest BCUT2D eigenvalue weighted by molar-refractivity contribution is 0.376. The summed E-state index contributed by atoms with van der Waals surface area (Å²) < 4.78 is 0. The summed E-state index contributed by atoms with van der Waals surface area (Å²) >= 11 is 0. The number of nitrogens with zero attached hydrogens (tertiary/aromatic N) is 1. The van der Waals surface area contributed by atoms with Crippen molar-refractivity contribution in [3.8, 4) is 0 Å². The highest BCUT2D eigenvalue weighted by molar-refractivity contribution is 5.75. The molecule has 0 aliphatic heterocycles. The van der Waals surface area contributed by atoms with Crippen LogP contribution in [-0.2, 0) is 5.11 Å². The van der Waals surface area contributed by atoms with E-state index >= 15 is 0 Å². The molecule has 0 bridgehead atoms. The fourth-order valence-corrected chi connectivity index (χ4v) is 0.943. The van der Waals surface area contributed by atoms with Crippen molar-refractivity contribution in [1.29, 1.82) is 0 Å². The molecule has 0 aromatic rings. The quantitative estimate of drug-likeness (QED) is 0.343. The molecule has 2 heteroatoms. The average molecular weight is 182 g/mol. The molecule has 0 saturated carbocycles. The van der Waals surface area contributed by atoms with E-state index in [1.807, 2.05) is 26.8 Å². The topological polar surface area (TPSA) is 32.3 Å². The zero-order chi connectivity index (χ0) is 10.3. The molecular formula is C11H20NO. The van der Waals surface area contributed by atoms with Crippen LogP contribution >= 0.6 is 0 Å². The van der Waals surface area contributed by atoms with Crippen molar-refractivity contribution in [1.82, 2.24) is 0 Å². The Morgan fingerprint density at radius 1 is 1.54 bits per heavy atom. The minimum Gasteiger partial charge on any atom is -0.273 e. The molecule has 0 saturated heterocycles. The van der Waals surface area contributed by atoms with E-state index in [0.717, 1.165) is 19.3 Å². The largest absolute Gasteiger partial charge is 0.273 e. The molecule has 75 valence electrons. The van der Waals surface area contributed by atoms with Crippen LogP contribution in [0.15, 0.2) is 17.6 Å². The van der Waals surface area contributed by atoms with E-state index in [-0.39, 0.29) is 17.9 Å². The second-order valence-corrected chi connectivity index (χ2v) is 3.49. The van der Waals surface area contributed by atoms with Crippen molar-refractivity contribution in [3.63, 3.8) is 0 Å². The Hall–Kier alpha value is -0.790. The van der Waals surface area contributed by atoms with Gasteiger partial charge in [-0.1, -0.05) is 19.9 Å². The van der Waals surface area contributed by atoms with Gasteiger partial charge in [-0.3, -0.25) is 5.11 Å². The molecule has 0 spiro atoms. The van der Waals surface area contributed by atoms with Crippen molar-refractivity contribution < 1.29 is 5.11 Å². The van der Waals surface area contributed by atoms with Gasteiger partial charge in [-0.15, -0.1) is 6.58 Å². The molecule has 0 amide bonds. The van der Waals surface area contributed by atoms with Gasteiger partial charge in [0.2, 0.25) is 5.90 Å². The van der Waals surface area contributed by atoms with Crippen molar-refractivity contribution >= 4 is 5.90 Å². The van der Waals surface area contributed by atoms with Crippen molar-refractivity contribution in [2.75, 3.05) is 0 Å². The highest BCUT2D eigenvalue weighted by atomic mass is 16.3. The Morgan fingerprint density at radius 2 is 2.15 bits per heavy atom. The summed E-state index contributed by atoms with van der Waals surface area (Å²) in [5.41, 5.74) is 0. The van der Waals surface area contributed by atoms with Crippen LogP contribution < -0.4 is 0 Å². The summed E-state index contributed by atoms with van der Waals surface area (Å²) in [6.45, 7) is 9.54. The smallest absolute Gasteiger partial charge is 0.244 e. The molecule has 0 aliphatic carbocycles. The summed E-state index contributed by atoms with van der Waals surface area (Å²) in [5, 5.41) is 11.4. The van der Waals surface area contributed by atoms with Crippen LogP contribution in [0.4, 0.5) is 0 Å². The predicted octanol–water partition coefficient (Wildman–Crippen LogP) is 3.22. The third-order valence-electron chi connectivity index (χ3n) is 2.17. The summed E-state index contributed by atoms with van der Waals surface area (Å²) in [6.07, 6.45) is 4.58. The van der Waals surface area contributed by atoms with E-state index in [4.69, 9.17) is 0 Å². The molecule has 2 atom stereocenters. The van der Waals surface area contributed by atoms with Crippen LogP contribution in [0.3, 0.4) is 0 Å². The second kappa shape index (κ2) is 6.70. The maximum absolute atomic E-state index is 11.4. The molecule has 2 nitrogen and oxygen atoms in total. The van der Waals surface area contributed by atoms with Crippen LogP contribution in [0.5, 0.6) is 0 Å². The van der Waals surface area contributed by atoms with Gasteiger partial charge < -0.3 is 0 Å². The number of hydrogen-bond acceptors (Lipinski definition) is 1. The molecule has 1 radical (unpaired) electrons. The minimum atomic E-state index is 0.0408. The monoisotopic (exact) mass is 182 g/mol. The zero-order valence-electron chi connectivity index (χ0n) is 8.92. The molecular weight excluding hydrogens is 162 g/mol. The Kier molecular flexibility index (Phi) is 6.29. The van der Waals surface area contributed by atoms with Crippen LogP contribution in [0.2, 0.25) is 0 Å². The summed E-state index contributed by atoms with van der Waals surface area (Å²) in [7, 11) is 0. The lowest BCUT2D eigenvalue weighted by Gasteiger charge is -2.07. The van der Waals surface area contributed by atoms with Crippen molar-refractivity contribution in [2.24, 2.45) is 10.9 Å². The van der Waals surface area contributed by atoms with Gasteiger partial charge in [0, 0.05) is 5.92 Å². The summed E-state index contributed by atoms with van der Waals surface area (Å²) in [5.74, 6) is 0.116.